The number of methoxy groups -OCH3 is 4. The van der Waals surface area contributed by atoms with Crippen LogP contribution in [0, 0.1) is 0 Å². The first-order valence-electron chi connectivity index (χ1n) is 5.75. The van der Waals surface area contributed by atoms with Gasteiger partial charge in [0.1, 0.15) is 6.10 Å². The Kier molecular flexibility index (Phi) is 5.40. The molecular formula is C14H18O6. The predicted molar refractivity (Wildman–Crippen MR) is 72.2 cm³/mol. The second-order valence-corrected chi connectivity index (χ2v) is 3.88. The number of ether oxygens (including phenoxy) is 4. The topological polar surface area (TPSA) is 74.2 Å². The average Bonchev–Trinajstić information content (AvgIpc) is 2.50. The highest BCUT2D eigenvalue weighted by molar-refractivity contribution is 5.89. The third-order valence-corrected chi connectivity index (χ3v) is 2.78. The van der Waals surface area contributed by atoms with Crippen LogP contribution in [-0.4, -0.2) is 39.5 Å². The average molecular weight is 282 g/mol. The summed E-state index contributed by atoms with van der Waals surface area (Å²) in [5, 5.41) is 10.1. The van der Waals surface area contributed by atoms with Crippen molar-refractivity contribution in [3.8, 4) is 17.2 Å². The minimum absolute atomic E-state index is 0.0817. The largest absolute Gasteiger partial charge is 0.493 e. The zero-order valence-electron chi connectivity index (χ0n) is 11.9. The molecule has 0 amide bonds. The SMILES string of the molecule is C=C(C(=O)OC)C(O)c1cc(OC)c(OC)c(OC)c1. The lowest BCUT2D eigenvalue weighted by Crippen LogP contribution is -2.12. The number of carbonyl (C=O) groups excluding carboxylic acids is 1. The summed E-state index contributed by atoms with van der Waals surface area (Å²) in [5.41, 5.74) is 0.302. The van der Waals surface area contributed by atoms with Crippen molar-refractivity contribution >= 4 is 5.97 Å². The van der Waals surface area contributed by atoms with Crippen molar-refractivity contribution in [1.82, 2.24) is 0 Å². The smallest absolute Gasteiger partial charge is 0.336 e. The first-order chi connectivity index (χ1) is 9.49. The van der Waals surface area contributed by atoms with E-state index >= 15 is 0 Å². The maximum atomic E-state index is 11.4. The molecule has 1 aromatic carbocycles. The van der Waals surface area contributed by atoms with E-state index in [-0.39, 0.29) is 5.57 Å². The van der Waals surface area contributed by atoms with Gasteiger partial charge in [-0.25, -0.2) is 4.79 Å². The van der Waals surface area contributed by atoms with E-state index in [9.17, 15) is 9.90 Å². The molecule has 6 heteroatoms. The Hall–Kier alpha value is -2.21. The molecule has 0 aliphatic heterocycles. The molecule has 0 saturated heterocycles. The van der Waals surface area contributed by atoms with Crippen molar-refractivity contribution < 1.29 is 28.8 Å². The van der Waals surface area contributed by atoms with E-state index in [2.05, 4.69) is 11.3 Å². The molecule has 0 aliphatic rings. The number of aliphatic hydroxyl groups excluding tert-OH is 1. The number of hydrogen-bond donors (Lipinski definition) is 1. The number of aliphatic hydroxyl groups is 1. The molecule has 0 heterocycles. The fourth-order valence-corrected chi connectivity index (χ4v) is 1.70. The zero-order chi connectivity index (χ0) is 15.3. The van der Waals surface area contributed by atoms with Crippen molar-refractivity contribution in [1.29, 1.82) is 0 Å². The van der Waals surface area contributed by atoms with E-state index in [0.717, 1.165) is 0 Å². The van der Waals surface area contributed by atoms with Crippen LogP contribution in [0.2, 0.25) is 0 Å². The molecule has 0 aliphatic carbocycles. The molecule has 1 unspecified atom stereocenters. The molecule has 1 rings (SSSR count). The van der Waals surface area contributed by atoms with E-state index in [0.29, 0.717) is 22.8 Å². The molecular weight excluding hydrogens is 264 g/mol. The summed E-state index contributed by atoms with van der Waals surface area (Å²) in [4.78, 5) is 11.4. The molecule has 1 aromatic rings. The number of esters is 1. The number of rotatable bonds is 6. The van der Waals surface area contributed by atoms with Crippen LogP contribution in [0.25, 0.3) is 0 Å². The van der Waals surface area contributed by atoms with E-state index in [1.807, 2.05) is 0 Å². The standard InChI is InChI=1S/C14H18O6/c1-8(14(16)20-5)12(15)9-6-10(17-2)13(19-4)11(7-9)18-3/h6-7,12,15H,1H2,2-5H3. The Balaban J connectivity index is 3.25. The molecule has 0 spiro atoms. The van der Waals surface area contributed by atoms with Crippen molar-refractivity contribution in [3.63, 3.8) is 0 Å². The molecule has 0 aromatic heterocycles. The summed E-state index contributed by atoms with van der Waals surface area (Å²) in [5.74, 6) is 0.456. The lowest BCUT2D eigenvalue weighted by atomic mass is 10.0. The van der Waals surface area contributed by atoms with Crippen molar-refractivity contribution in [2.75, 3.05) is 28.4 Å². The third-order valence-electron chi connectivity index (χ3n) is 2.78. The second kappa shape index (κ2) is 6.81. The first kappa shape index (κ1) is 15.8. The Morgan fingerprint density at radius 1 is 1.10 bits per heavy atom. The zero-order valence-corrected chi connectivity index (χ0v) is 11.9. The van der Waals surface area contributed by atoms with Gasteiger partial charge in [0.25, 0.3) is 0 Å². The van der Waals surface area contributed by atoms with Crippen LogP contribution >= 0.6 is 0 Å². The van der Waals surface area contributed by atoms with Crippen molar-refractivity contribution in [3.05, 3.63) is 29.8 Å². The molecule has 0 fully saturated rings. The van der Waals surface area contributed by atoms with Crippen LogP contribution in [0.4, 0.5) is 0 Å². The summed E-state index contributed by atoms with van der Waals surface area (Å²) in [6.07, 6.45) is -1.23. The summed E-state index contributed by atoms with van der Waals surface area (Å²) in [6.45, 7) is 3.52. The van der Waals surface area contributed by atoms with Gasteiger partial charge in [0.2, 0.25) is 5.75 Å². The number of benzene rings is 1. The van der Waals surface area contributed by atoms with Gasteiger partial charge in [0.05, 0.1) is 34.0 Å². The van der Waals surface area contributed by atoms with E-state index < -0.39 is 12.1 Å². The van der Waals surface area contributed by atoms with Crippen LogP contribution in [-0.2, 0) is 9.53 Å². The molecule has 0 saturated carbocycles. The van der Waals surface area contributed by atoms with Crippen LogP contribution in [0.1, 0.15) is 11.7 Å². The summed E-state index contributed by atoms with van der Waals surface area (Å²) < 4.78 is 20.1. The van der Waals surface area contributed by atoms with Crippen molar-refractivity contribution in [2.24, 2.45) is 0 Å². The second-order valence-electron chi connectivity index (χ2n) is 3.88. The van der Waals surface area contributed by atoms with Gasteiger partial charge in [-0.3, -0.25) is 0 Å². The molecule has 1 atom stereocenters. The van der Waals surface area contributed by atoms with Crippen LogP contribution in [0.3, 0.4) is 0 Å². The van der Waals surface area contributed by atoms with Crippen molar-refractivity contribution in [2.45, 2.75) is 6.10 Å². The fourth-order valence-electron chi connectivity index (χ4n) is 1.70. The molecule has 20 heavy (non-hydrogen) atoms. The monoisotopic (exact) mass is 282 g/mol. The Labute approximate surface area is 117 Å². The summed E-state index contributed by atoms with van der Waals surface area (Å²) >= 11 is 0. The Bertz CT molecular complexity index is 483. The van der Waals surface area contributed by atoms with Crippen LogP contribution in [0.5, 0.6) is 17.2 Å². The first-order valence-corrected chi connectivity index (χ1v) is 5.75. The summed E-state index contributed by atoms with van der Waals surface area (Å²) in [6, 6.07) is 3.08. The summed E-state index contributed by atoms with van der Waals surface area (Å²) in [7, 11) is 5.62. The molecule has 1 N–H and O–H groups in total. The van der Waals surface area contributed by atoms with E-state index in [1.165, 1.54) is 28.4 Å². The fraction of sp³-hybridized carbons (Fsp3) is 0.357. The minimum Gasteiger partial charge on any atom is -0.493 e. The van der Waals surface area contributed by atoms with Gasteiger partial charge in [-0.2, -0.15) is 0 Å². The Morgan fingerprint density at radius 2 is 1.60 bits per heavy atom. The molecule has 6 nitrogen and oxygen atoms in total. The van der Waals surface area contributed by atoms with Gasteiger partial charge >= 0.3 is 5.97 Å². The highest BCUT2D eigenvalue weighted by atomic mass is 16.5. The number of hydrogen-bond acceptors (Lipinski definition) is 6. The lowest BCUT2D eigenvalue weighted by Gasteiger charge is -2.17. The van der Waals surface area contributed by atoms with Gasteiger partial charge in [0.15, 0.2) is 11.5 Å². The quantitative estimate of drug-likeness (QED) is 0.629. The van der Waals surface area contributed by atoms with Gasteiger partial charge in [-0.05, 0) is 17.7 Å². The molecule has 0 radical (unpaired) electrons. The number of carbonyl (C=O) groups is 1. The van der Waals surface area contributed by atoms with E-state index in [1.54, 1.807) is 12.1 Å². The third kappa shape index (κ3) is 3.03. The van der Waals surface area contributed by atoms with Gasteiger partial charge in [0, 0.05) is 0 Å². The highest BCUT2D eigenvalue weighted by Gasteiger charge is 2.22. The van der Waals surface area contributed by atoms with E-state index in [4.69, 9.17) is 14.2 Å². The predicted octanol–water partition coefficient (Wildman–Crippen LogP) is 1.47. The van der Waals surface area contributed by atoms with Crippen LogP contribution < -0.4 is 14.2 Å². The molecule has 110 valence electrons. The van der Waals surface area contributed by atoms with Gasteiger partial charge in [-0.1, -0.05) is 6.58 Å². The van der Waals surface area contributed by atoms with Gasteiger partial charge < -0.3 is 24.1 Å². The minimum atomic E-state index is -1.23. The Morgan fingerprint density at radius 3 is 1.95 bits per heavy atom. The normalized spacial score (nSPS) is 11.4. The van der Waals surface area contributed by atoms with Crippen LogP contribution in [0.15, 0.2) is 24.3 Å². The maximum absolute atomic E-state index is 11.4. The highest BCUT2D eigenvalue weighted by Crippen LogP contribution is 2.40. The van der Waals surface area contributed by atoms with Gasteiger partial charge in [-0.15, -0.1) is 0 Å². The maximum Gasteiger partial charge on any atom is 0.336 e. The lowest BCUT2D eigenvalue weighted by molar-refractivity contribution is -0.137. The molecule has 0 bridgehead atoms.